The number of nitrogens with zero attached hydrogens (tertiary/aromatic N) is 1. The normalized spacial score (nSPS) is 20.8. The average Bonchev–Trinajstić information content (AvgIpc) is 3.20. The topological polar surface area (TPSA) is 65.5 Å². The lowest BCUT2D eigenvalue weighted by Gasteiger charge is -2.11. The van der Waals surface area contributed by atoms with E-state index < -0.39 is 0 Å². The van der Waals surface area contributed by atoms with Gasteiger partial charge >= 0.3 is 0 Å². The Bertz CT molecular complexity index is 486. The fourth-order valence-corrected chi connectivity index (χ4v) is 2.07. The van der Waals surface area contributed by atoms with Gasteiger partial charge < -0.3 is 16.0 Å². The van der Waals surface area contributed by atoms with Gasteiger partial charge in [0.2, 0.25) is 5.91 Å². The molecule has 0 radical (unpaired) electrons. The first-order valence-corrected chi connectivity index (χ1v) is 7.47. The van der Waals surface area contributed by atoms with E-state index >= 15 is 0 Å². The highest BCUT2D eigenvalue weighted by atomic mass is 16.1. The summed E-state index contributed by atoms with van der Waals surface area (Å²) < 4.78 is 0. The maximum absolute atomic E-state index is 11.8. The van der Waals surface area contributed by atoms with Crippen molar-refractivity contribution in [3.63, 3.8) is 0 Å². The van der Waals surface area contributed by atoms with E-state index in [1.807, 2.05) is 30.3 Å². The summed E-state index contributed by atoms with van der Waals surface area (Å²) in [7, 11) is 1.75. The van der Waals surface area contributed by atoms with E-state index in [0.29, 0.717) is 25.6 Å². The number of aliphatic imine (C=N–C) groups is 1. The summed E-state index contributed by atoms with van der Waals surface area (Å²) in [4.78, 5) is 15.9. The fraction of sp³-hybridized carbons (Fsp3) is 0.500. The first kappa shape index (κ1) is 15.4. The molecular weight excluding hydrogens is 264 g/mol. The van der Waals surface area contributed by atoms with Crippen LogP contribution >= 0.6 is 0 Å². The number of carbonyl (C=O) groups excluding carboxylic acids is 1. The van der Waals surface area contributed by atoms with Crippen molar-refractivity contribution in [2.24, 2.45) is 10.9 Å². The SMILES string of the molecule is CN=C(NCCC(=O)NCc1ccccc1)NC1CC1C. The lowest BCUT2D eigenvalue weighted by molar-refractivity contribution is -0.121. The number of rotatable bonds is 6. The van der Waals surface area contributed by atoms with Gasteiger partial charge in [-0.15, -0.1) is 0 Å². The molecule has 5 heteroatoms. The zero-order chi connectivity index (χ0) is 15.1. The van der Waals surface area contributed by atoms with Crippen LogP contribution in [0.25, 0.3) is 0 Å². The molecule has 2 atom stereocenters. The predicted octanol–water partition coefficient (Wildman–Crippen LogP) is 1.27. The van der Waals surface area contributed by atoms with Crippen LogP contribution < -0.4 is 16.0 Å². The molecule has 1 aromatic carbocycles. The van der Waals surface area contributed by atoms with Crippen LogP contribution in [0.15, 0.2) is 35.3 Å². The number of guanidine groups is 1. The second-order valence-electron chi connectivity index (χ2n) is 5.48. The lowest BCUT2D eigenvalue weighted by Crippen LogP contribution is -2.40. The molecule has 0 heterocycles. The molecular formula is C16H24N4O. The highest BCUT2D eigenvalue weighted by Crippen LogP contribution is 2.28. The summed E-state index contributed by atoms with van der Waals surface area (Å²) in [5.74, 6) is 1.54. The van der Waals surface area contributed by atoms with Gasteiger partial charge in [-0.25, -0.2) is 0 Å². The van der Waals surface area contributed by atoms with E-state index in [4.69, 9.17) is 0 Å². The summed E-state index contributed by atoms with van der Waals surface area (Å²) in [5, 5.41) is 9.41. The van der Waals surface area contributed by atoms with Gasteiger partial charge in [0, 0.05) is 32.6 Å². The molecule has 0 aliphatic heterocycles. The standard InChI is InChI=1S/C16H24N4O/c1-12-10-14(12)20-16(17-2)18-9-8-15(21)19-11-13-6-4-3-5-7-13/h3-7,12,14H,8-11H2,1-2H3,(H,19,21)(H2,17,18,20). The van der Waals surface area contributed by atoms with Gasteiger partial charge in [-0.3, -0.25) is 9.79 Å². The Morgan fingerprint density at radius 1 is 1.29 bits per heavy atom. The molecule has 3 N–H and O–H groups in total. The van der Waals surface area contributed by atoms with Crippen molar-refractivity contribution in [2.75, 3.05) is 13.6 Å². The predicted molar refractivity (Wildman–Crippen MR) is 85.0 cm³/mol. The van der Waals surface area contributed by atoms with Crippen LogP contribution in [0.3, 0.4) is 0 Å². The summed E-state index contributed by atoms with van der Waals surface area (Å²) >= 11 is 0. The summed E-state index contributed by atoms with van der Waals surface area (Å²) in [6.07, 6.45) is 1.63. The van der Waals surface area contributed by atoms with E-state index in [0.717, 1.165) is 17.4 Å². The minimum Gasteiger partial charge on any atom is -0.356 e. The van der Waals surface area contributed by atoms with Crippen LogP contribution in [0, 0.1) is 5.92 Å². The van der Waals surface area contributed by atoms with Crippen molar-refractivity contribution in [3.8, 4) is 0 Å². The quantitative estimate of drug-likeness (QED) is 0.545. The Hall–Kier alpha value is -2.04. The van der Waals surface area contributed by atoms with Gasteiger partial charge in [-0.1, -0.05) is 37.3 Å². The van der Waals surface area contributed by atoms with Crippen molar-refractivity contribution in [3.05, 3.63) is 35.9 Å². The van der Waals surface area contributed by atoms with Crippen LogP contribution in [0.2, 0.25) is 0 Å². The second kappa shape index (κ2) is 7.67. The minimum atomic E-state index is 0.0431. The lowest BCUT2D eigenvalue weighted by atomic mass is 10.2. The first-order chi connectivity index (χ1) is 10.2. The number of amides is 1. The third-order valence-corrected chi connectivity index (χ3v) is 3.63. The largest absolute Gasteiger partial charge is 0.356 e. The van der Waals surface area contributed by atoms with Gasteiger partial charge in [-0.05, 0) is 17.9 Å². The van der Waals surface area contributed by atoms with Gasteiger partial charge in [0.05, 0.1) is 0 Å². The van der Waals surface area contributed by atoms with Gasteiger partial charge in [-0.2, -0.15) is 0 Å². The van der Waals surface area contributed by atoms with Crippen molar-refractivity contribution in [2.45, 2.75) is 32.4 Å². The zero-order valence-electron chi connectivity index (χ0n) is 12.7. The van der Waals surface area contributed by atoms with E-state index in [2.05, 4.69) is 27.9 Å². The van der Waals surface area contributed by atoms with E-state index in [1.54, 1.807) is 7.05 Å². The van der Waals surface area contributed by atoms with E-state index in [1.165, 1.54) is 6.42 Å². The Kier molecular flexibility index (Phi) is 5.60. The number of benzene rings is 1. The molecule has 0 spiro atoms. The highest BCUT2D eigenvalue weighted by molar-refractivity contribution is 5.81. The van der Waals surface area contributed by atoms with E-state index in [-0.39, 0.29) is 5.91 Å². The molecule has 2 unspecified atom stereocenters. The molecule has 1 saturated carbocycles. The van der Waals surface area contributed by atoms with Crippen molar-refractivity contribution < 1.29 is 4.79 Å². The van der Waals surface area contributed by atoms with Gasteiger partial charge in [0.15, 0.2) is 5.96 Å². The molecule has 0 saturated heterocycles. The Labute approximate surface area is 126 Å². The van der Waals surface area contributed by atoms with Crippen molar-refractivity contribution in [1.82, 2.24) is 16.0 Å². The summed E-state index contributed by atoms with van der Waals surface area (Å²) in [5.41, 5.74) is 1.11. The molecule has 1 aliphatic rings. The fourth-order valence-electron chi connectivity index (χ4n) is 2.07. The highest BCUT2D eigenvalue weighted by Gasteiger charge is 2.33. The first-order valence-electron chi connectivity index (χ1n) is 7.47. The van der Waals surface area contributed by atoms with Crippen LogP contribution in [0.4, 0.5) is 0 Å². The molecule has 5 nitrogen and oxygen atoms in total. The number of hydrogen-bond acceptors (Lipinski definition) is 2. The number of hydrogen-bond donors (Lipinski definition) is 3. The third-order valence-electron chi connectivity index (χ3n) is 3.63. The Morgan fingerprint density at radius 3 is 2.62 bits per heavy atom. The van der Waals surface area contributed by atoms with Crippen LogP contribution in [-0.4, -0.2) is 31.5 Å². The average molecular weight is 288 g/mol. The molecule has 0 aromatic heterocycles. The number of nitrogens with one attached hydrogen (secondary N) is 3. The molecule has 21 heavy (non-hydrogen) atoms. The molecule has 1 aromatic rings. The van der Waals surface area contributed by atoms with Gasteiger partial charge in [0.1, 0.15) is 0 Å². The van der Waals surface area contributed by atoms with Crippen LogP contribution in [0.1, 0.15) is 25.3 Å². The van der Waals surface area contributed by atoms with Crippen LogP contribution in [0.5, 0.6) is 0 Å². The third kappa shape index (κ3) is 5.45. The smallest absolute Gasteiger partial charge is 0.222 e. The maximum atomic E-state index is 11.8. The Balaban J connectivity index is 1.60. The Morgan fingerprint density at radius 2 is 2.00 bits per heavy atom. The summed E-state index contributed by atoms with van der Waals surface area (Å²) in [6, 6.07) is 10.4. The number of carbonyl (C=O) groups is 1. The molecule has 0 bridgehead atoms. The van der Waals surface area contributed by atoms with Crippen molar-refractivity contribution in [1.29, 1.82) is 0 Å². The zero-order valence-corrected chi connectivity index (χ0v) is 12.7. The molecule has 2 rings (SSSR count). The van der Waals surface area contributed by atoms with Crippen molar-refractivity contribution >= 4 is 11.9 Å². The molecule has 1 amide bonds. The van der Waals surface area contributed by atoms with Crippen LogP contribution in [-0.2, 0) is 11.3 Å². The van der Waals surface area contributed by atoms with E-state index in [9.17, 15) is 4.79 Å². The maximum Gasteiger partial charge on any atom is 0.222 e. The molecule has 1 aliphatic carbocycles. The second-order valence-corrected chi connectivity index (χ2v) is 5.48. The molecule has 1 fully saturated rings. The summed E-state index contributed by atoms with van der Waals surface area (Å²) in [6.45, 7) is 3.37. The monoisotopic (exact) mass is 288 g/mol. The van der Waals surface area contributed by atoms with Gasteiger partial charge in [0.25, 0.3) is 0 Å². The molecule has 114 valence electrons. The minimum absolute atomic E-state index is 0.0431.